The molecule has 0 bridgehead atoms. The number of nitrogens with one attached hydrogen (secondary N) is 1. The lowest BCUT2D eigenvalue weighted by molar-refractivity contribution is 0.862. The minimum Gasteiger partial charge on any atom is -0.379 e. The summed E-state index contributed by atoms with van der Waals surface area (Å²) < 4.78 is 2.24. The number of aryl methyl sites for hydroxylation is 2. The second-order valence-corrected chi connectivity index (χ2v) is 5.26. The molecular formula is C16H16ClN3. The topological polar surface area (TPSA) is 29.9 Å². The number of benzene rings is 1. The zero-order chi connectivity index (χ0) is 14.1. The summed E-state index contributed by atoms with van der Waals surface area (Å²) in [5, 5.41) is 5.21. The molecule has 0 atom stereocenters. The van der Waals surface area contributed by atoms with Gasteiger partial charge in [0, 0.05) is 35.5 Å². The summed E-state index contributed by atoms with van der Waals surface area (Å²) in [6.45, 7) is 2.93. The minimum atomic E-state index is 0.503. The molecule has 3 rings (SSSR count). The van der Waals surface area contributed by atoms with Crippen LogP contribution in [0.25, 0.3) is 10.9 Å². The summed E-state index contributed by atoms with van der Waals surface area (Å²) in [7, 11) is 2.10. The lowest BCUT2D eigenvalue weighted by Gasteiger charge is -2.09. The number of nitrogens with zero attached hydrogens (tertiary/aromatic N) is 2. The zero-order valence-corrected chi connectivity index (χ0v) is 12.3. The molecule has 1 N–H and O–H groups in total. The molecule has 0 aliphatic carbocycles. The molecular weight excluding hydrogens is 270 g/mol. The fourth-order valence-corrected chi connectivity index (χ4v) is 2.76. The molecule has 0 saturated carbocycles. The number of fused-ring (bicyclic) bond motifs is 1. The molecule has 1 aromatic carbocycles. The van der Waals surface area contributed by atoms with Gasteiger partial charge in [-0.2, -0.15) is 0 Å². The van der Waals surface area contributed by atoms with Crippen molar-refractivity contribution in [2.75, 3.05) is 5.32 Å². The molecule has 3 nitrogen and oxygen atoms in total. The molecule has 0 fully saturated rings. The first kappa shape index (κ1) is 13.0. The normalized spacial score (nSPS) is 10.9. The summed E-state index contributed by atoms with van der Waals surface area (Å²) in [6, 6.07) is 12.2. The van der Waals surface area contributed by atoms with E-state index in [4.69, 9.17) is 11.6 Å². The van der Waals surface area contributed by atoms with Crippen LogP contribution in [0.15, 0.2) is 42.6 Å². The number of halogens is 1. The predicted octanol–water partition coefficient (Wildman–Crippen LogP) is 4.15. The van der Waals surface area contributed by atoms with Gasteiger partial charge in [0.1, 0.15) is 5.15 Å². The number of aromatic nitrogens is 2. The van der Waals surface area contributed by atoms with Gasteiger partial charge in [0.05, 0.1) is 6.54 Å². The van der Waals surface area contributed by atoms with Crippen molar-refractivity contribution in [2.45, 2.75) is 13.5 Å². The van der Waals surface area contributed by atoms with Crippen molar-refractivity contribution in [1.82, 2.24) is 9.55 Å². The number of pyridine rings is 1. The molecule has 3 aromatic rings. The molecule has 0 amide bonds. The third-order valence-corrected chi connectivity index (χ3v) is 3.90. The molecule has 0 aliphatic heterocycles. The van der Waals surface area contributed by atoms with Gasteiger partial charge in [0.15, 0.2) is 0 Å². The molecule has 0 aliphatic rings. The van der Waals surface area contributed by atoms with E-state index >= 15 is 0 Å². The van der Waals surface area contributed by atoms with Crippen molar-refractivity contribution in [2.24, 2.45) is 7.05 Å². The molecule has 0 unspecified atom stereocenters. The standard InChI is InChI=1S/C16H16ClN3/c1-11-13-5-3-4-6-14(13)20(2)15(11)10-19-12-7-8-18-16(17)9-12/h3-9H,10H2,1-2H3,(H,18,19). The maximum absolute atomic E-state index is 5.90. The van der Waals surface area contributed by atoms with Crippen LogP contribution < -0.4 is 5.32 Å². The SMILES string of the molecule is Cc1c(CNc2ccnc(Cl)c2)n(C)c2ccccc12. The highest BCUT2D eigenvalue weighted by Crippen LogP contribution is 2.25. The molecule has 0 saturated heterocycles. The van der Waals surface area contributed by atoms with Crippen LogP contribution in [-0.2, 0) is 13.6 Å². The van der Waals surface area contributed by atoms with Crippen molar-refractivity contribution in [3.8, 4) is 0 Å². The van der Waals surface area contributed by atoms with Crippen molar-refractivity contribution >= 4 is 28.2 Å². The van der Waals surface area contributed by atoms with Gasteiger partial charge in [-0.1, -0.05) is 29.8 Å². The number of anilines is 1. The Morgan fingerprint density at radius 1 is 1.25 bits per heavy atom. The Bertz CT molecular complexity index is 723. The fraction of sp³-hybridized carbons (Fsp3) is 0.188. The Kier molecular flexibility index (Phi) is 3.36. The molecule has 4 heteroatoms. The Morgan fingerprint density at radius 2 is 2.05 bits per heavy atom. The summed E-state index contributed by atoms with van der Waals surface area (Å²) in [5.74, 6) is 0. The summed E-state index contributed by atoms with van der Waals surface area (Å²) in [6.07, 6.45) is 1.71. The Labute approximate surface area is 123 Å². The van der Waals surface area contributed by atoms with Crippen LogP contribution in [0.4, 0.5) is 5.69 Å². The molecule has 2 aromatic heterocycles. The highest BCUT2D eigenvalue weighted by molar-refractivity contribution is 6.29. The van der Waals surface area contributed by atoms with Crippen LogP contribution >= 0.6 is 11.6 Å². The van der Waals surface area contributed by atoms with Crippen LogP contribution in [0.5, 0.6) is 0 Å². The molecule has 0 radical (unpaired) electrons. The Balaban J connectivity index is 1.91. The number of hydrogen-bond acceptors (Lipinski definition) is 2. The zero-order valence-electron chi connectivity index (χ0n) is 11.5. The first-order chi connectivity index (χ1) is 9.66. The van der Waals surface area contributed by atoms with E-state index in [-0.39, 0.29) is 0 Å². The average Bonchev–Trinajstić information content (AvgIpc) is 2.70. The molecule has 20 heavy (non-hydrogen) atoms. The Morgan fingerprint density at radius 3 is 2.80 bits per heavy atom. The van der Waals surface area contributed by atoms with E-state index in [1.54, 1.807) is 6.20 Å². The van der Waals surface area contributed by atoms with Crippen LogP contribution in [0.3, 0.4) is 0 Å². The predicted molar refractivity (Wildman–Crippen MR) is 84.2 cm³/mol. The number of rotatable bonds is 3. The van der Waals surface area contributed by atoms with Gasteiger partial charge < -0.3 is 9.88 Å². The lowest BCUT2D eigenvalue weighted by atomic mass is 10.1. The van der Waals surface area contributed by atoms with Crippen LogP contribution in [0.2, 0.25) is 5.15 Å². The minimum absolute atomic E-state index is 0.503. The van der Waals surface area contributed by atoms with E-state index < -0.39 is 0 Å². The van der Waals surface area contributed by atoms with Gasteiger partial charge in [-0.05, 0) is 30.7 Å². The maximum atomic E-state index is 5.90. The lowest BCUT2D eigenvalue weighted by Crippen LogP contribution is -2.05. The maximum Gasteiger partial charge on any atom is 0.131 e. The largest absolute Gasteiger partial charge is 0.379 e. The van der Waals surface area contributed by atoms with E-state index in [2.05, 4.69) is 53.1 Å². The second-order valence-electron chi connectivity index (χ2n) is 4.87. The third-order valence-electron chi connectivity index (χ3n) is 3.69. The van der Waals surface area contributed by atoms with Crippen molar-refractivity contribution < 1.29 is 0 Å². The Hall–Kier alpha value is -2.00. The van der Waals surface area contributed by atoms with Gasteiger partial charge >= 0.3 is 0 Å². The van der Waals surface area contributed by atoms with Crippen molar-refractivity contribution in [3.63, 3.8) is 0 Å². The summed E-state index contributed by atoms with van der Waals surface area (Å²) >= 11 is 5.90. The number of para-hydroxylation sites is 1. The van der Waals surface area contributed by atoms with E-state index in [1.807, 2.05) is 12.1 Å². The van der Waals surface area contributed by atoms with Gasteiger partial charge in [0.25, 0.3) is 0 Å². The molecule has 0 spiro atoms. The van der Waals surface area contributed by atoms with Crippen LogP contribution in [0.1, 0.15) is 11.3 Å². The van der Waals surface area contributed by atoms with Gasteiger partial charge in [0.2, 0.25) is 0 Å². The van der Waals surface area contributed by atoms with E-state index in [9.17, 15) is 0 Å². The summed E-state index contributed by atoms with van der Waals surface area (Å²) in [4.78, 5) is 3.98. The summed E-state index contributed by atoms with van der Waals surface area (Å²) in [5.41, 5.74) is 4.83. The molecule has 2 heterocycles. The van der Waals surface area contributed by atoms with Crippen molar-refractivity contribution in [3.05, 3.63) is 59.0 Å². The van der Waals surface area contributed by atoms with E-state index in [1.165, 1.54) is 22.2 Å². The fourth-order valence-electron chi connectivity index (χ4n) is 2.59. The first-order valence-corrected chi connectivity index (χ1v) is 6.93. The quantitative estimate of drug-likeness (QED) is 0.733. The van der Waals surface area contributed by atoms with Gasteiger partial charge in [-0.15, -0.1) is 0 Å². The highest BCUT2D eigenvalue weighted by Gasteiger charge is 2.10. The second kappa shape index (κ2) is 5.17. The van der Waals surface area contributed by atoms with Crippen LogP contribution in [0, 0.1) is 6.92 Å². The monoisotopic (exact) mass is 285 g/mol. The van der Waals surface area contributed by atoms with E-state index in [0.29, 0.717) is 5.15 Å². The smallest absolute Gasteiger partial charge is 0.131 e. The van der Waals surface area contributed by atoms with Gasteiger partial charge in [-0.25, -0.2) is 4.98 Å². The van der Waals surface area contributed by atoms with Crippen molar-refractivity contribution in [1.29, 1.82) is 0 Å². The average molecular weight is 286 g/mol. The highest BCUT2D eigenvalue weighted by atomic mass is 35.5. The first-order valence-electron chi connectivity index (χ1n) is 6.55. The molecule has 102 valence electrons. The van der Waals surface area contributed by atoms with E-state index in [0.717, 1.165) is 12.2 Å². The van der Waals surface area contributed by atoms with Gasteiger partial charge in [-0.3, -0.25) is 0 Å². The third kappa shape index (κ3) is 2.25. The number of hydrogen-bond donors (Lipinski definition) is 1. The van der Waals surface area contributed by atoms with Crippen LogP contribution in [-0.4, -0.2) is 9.55 Å².